The van der Waals surface area contributed by atoms with E-state index in [0.29, 0.717) is 32.7 Å². The van der Waals surface area contributed by atoms with Crippen molar-refractivity contribution in [2.75, 3.05) is 32.8 Å². The Morgan fingerprint density at radius 3 is 2.15 bits per heavy atom. The van der Waals surface area contributed by atoms with Crippen molar-refractivity contribution in [1.29, 1.82) is 0 Å². The molecule has 0 aliphatic carbocycles. The summed E-state index contributed by atoms with van der Waals surface area (Å²) in [4.78, 5) is 4.01. The fourth-order valence-corrected chi connectivity index (χ4v) is 5.13. The molecule has 3 rings (SSSR count). The van der Waals surface area contributed by atoms with Crippen molar-refractivity contribution >= 4 is 20.0 Å². The van der Waals surface area contributed by atoms with Crippen LogP contribution in [-0.4, -0.2) is 59.0 Å². The van der Waals surface area contributed by atoms with E-state index >= 15 is 0 Å². The number of ether oxygens (including phenoxy) is 1. The smallest absolute Gasteiger partial charge is 0.243 e. The van der Waals surface area contributed by atoms with E-state index in [2.05, 4.69) is 9.71 Å². The third kappa shape index (κ3) is 4.90. The van der Waals surface area contributed by atoms with Crippen LogP contribution in [0.2, 0.25) is 0 Å². The number of nitrogens with zero attached hydrogens (tertiary/aromatic N) is 2. The van der Waals surface area contributed by atoms with Gasteiger partial charge in [0.05, 0.1) is 23.0 Å². The number of nitrogens with one attached hydrogen (secondary N) is 1. The predicted molar refractivity (Wildman–Crippen MR) is 99.1 cm³/mol. The molecule has 1 aliphatic heterocycles. The van der Waals surface area contributed by atoms with Gasteiger partial charge in [-0.05, 0) is 48.4 Å². The first-order chi connectivity index (χ1) is 12.9. The summed E-state index contributed by atoms with van der Waals surface area (Å²) in [7, 11) is -7.36. The van der Waals surface area contributed by atoms with E-state index in [1.165, 1.54) is 28.6 Å². The first kappa shape index (κ1) is 19.9. The Balaban J connectivity index is 1.66. The minimum absolute atomic E-state index is 0.0261. The van der Waals surface area contributed by atoms with Gasteiger partial charge < -0.3 is 4.74 Å². The van der Waals surface area contributed by atoms with E-state index in [9.17, 15) is 16.8 Å². The van der Waals surface area contributed by atoms with Gasteiger partial charge in [-0.2, -0.15) is 4.31 Å². The fraction of sp³-hybridized carbons (Fsp3) is 0.353. The van der Waals surface area contributed by atoms with E-state index in [0.717, 1.165) is 5.56 Å². The maximum Gasteiger partial charge on any atom is 0.243 e. The summed E-state index contributed by atoms with van der Waals surface area (Å²) in [5.74, 6) is 0. The SMILES string of the molecule is O=S(=O)(NCCc1ccncc1)c1ccc(S(=O)(=O)N2CCOCC2)cc1. The van der Waals surface area contributed by atoms with Crippen LogP contribution in [0.4, 0.5) is 0 Å². The fourth-order valence-electron chi connectivity index (χ4n) is 2.69. The van der Waals surface area contributed by atoms with Crippen molar-refractivity contribution in [2.45, 2.75) is 16.2 Å². The highest BCUT2D eigenvalue weighted by atomic mass is 32.2. The molecule has 0 atom stereocenters. The van der Waals surface area contributed by atoms with E-state index in [1.54, 1.807) is 12.4 Å². The molecular formula is C17H21N3O5S2. The Morgan fingerprint density at radius 2 is 1.52 bits per heavy atom. The zero-order valence-corrected chi connectivity index (χ0v) is 16.2. The second-order valence-corrected chi connectivity index (χ2v) is 9.70. The molecule has 0 bridgehead atoms. The second-order valence-electron chi connectivity index (χ2n) is 5.99. The summed E-state index contributed by atoms with van der Waals surface area (Å²) in [6.07, 6.45) is 3.83. The van der Waals surface area contributed by atoms with Gasteiger partial charge in [-0.15, -0.1) is 0 Å². The number of sulfonamides is 2. The van der Waals surface area contributed by atoms with Crippen LogP contribution in [0.15, 0.2) is 58.6 Å². The summed E-state index contributed by atoms with van der Waals surface area (Å²) in [5.41, 5.74) is 0.972. The number of hydrogen-bond acceptors (Lipinski definition) is 6. The summed E-state index contributed by atoms with van der Waals surface area (Å²) >= 11 is 0. The number of pyridine rings is 1. The second kappa shape index (κ2) is 8.44. The zero-order valence-electron chi connectivity index (χ0n) is 14.6. The lowest BCUT2D eigenvalue weighted by Gasteiger charge is -2.26. The number of morpholine rings is 1. The summed E-state index contributed by atoms with van der Waals surface area (Å²) in [5, 5.41) is 0. The molecular weight excluding hydrogens is 390 g/mol. The normalized spacial score (nSPS) is 16.3. The molecule has 1 saturated heterocycles. The van der Waals surface area contributed by atoms with Crippen molar-refractivity contribution in [1.82, 2.24) is 14.0 Å². The van der Waals surface area contributed by atoms with Crippen LogP contribution in [0.1, 0.15) is 5.56 Å². The van der Waals surface area contributed by atoms with Gasteiger partial charge in [-0.3, -0.25) is 4.98 Å². The highest BCUT2D eigenvalue weighted by molar-refractivity contribution is 7.89. The third-order valence-corrected chi connectivity index (χ3v) is 7.59. The molecule has 0 radical (unpaired) electrons. The molecule has 1 aromatic carbocycles. The molecule has 0 saturated carbocycles. The molecule has 1 aromatic heterocycles. The largest absolute Gasteiger partial charge is 0.379 e. The van der Waals surface area contributed by atoms with E-state index in [-0.39, 0.29) is 16.3 Å². The topological polar surface area (TPSA) is 106 Å². The van der Waals surface area contributed by atoms with Crippen LogP contribution >= 0.6 is 0 Å². The van der Waals surface area contributed by atoms with Crippen molar-refractivity contribution in [2.24, 2.45) is 0 Å². The Hall–Kier alpha value is -1.85. The molecule has 1 fully saturated rings. The minimum atomic E-state index is -3.71. The molecule has 8 nitrogen and oxygen atoms in total. The number of benzene rings is 1. The summed E-state index contributed by atoms with van der Waals surface area (Å²) in [6.45, 7) is 1.53. The predicted octanol–water partition coefficient (Wildman–Crippen LogP) is 0.623. The van der Waals surface area contributed by atoms with Crippen molar-refractivity contribution in [3.8, 4) is 0 Å². The number of rotatable bonds is 7. The van der Waals surface area contributed by atoms with E-state index in [4.69, 9.17) is 4.74 Å². The number of aromatic nitrogens is 1. The van der Waals surface area contributed by atoms with Gasteiger partial charge in [-0.25, -0.2) is 21.6 Å². The zero-order chi connectivity index (χ0) is 19.3. The molecule has 2 heterocycles. The average molecular weight is 412 g/mol. The molecule has 146 valence electrons. The molecule has 1 aliphatic rings. The van der Waals surface area contributed by atoms with Crippen LogP contribution in [0.3, 0.4) is 0 Å². The molecule has 0 unspecified atom stereocenters. The van der Waals surface area contributed by atoms with Crippen molar-refractivity contribution in [3.63, 3.8) is 0 Å². The van der Waals surface area contributed by atoms with E-state index < -0.39 is 20.0 Å². The first-order valence-electron chi connectivity index (χ1n) is 8.46. The lowest BCUT2D eigenvalue weighted by atomic mass is 10.2. The highest BCUT2D eigenvalue weighted by Gasteiger charge is 2.26. The maximum atomic E-state index is 12.6. The van der Waals surface area contributed by atoms with Gasteiger partial charge in [0, 0.05) is 32.0 Å². The minimum Gasteiger partial charge on any atom is -0.379 e. The van der Waals surface area contributed by atoms with Gasteiger partial charge in [0.2, 0.25) is 20.0 Å². The van der Waals surface area contributed by atoms with Gasteiger partial charge in [0.1, 0.15) is 0 Å². The van der Waals surface area contributed by atoms with Crippen molar-refractivity contribution < 1.29 is 21.6 Å². The molecule has 27 heavy (non-hydrogen) atoms. The molecule has 0 spiro atoms. The standard InChI is InChI=1S/C17H21N3O5S2/c21-26(22,19-10-7-15-5-8-18-9-6-15)16-1-3-17(4-2-16)27(23,24)20-11-13-25-14-12-20/h1-6,8-9,19H,7,10-14H2. The number of hydrogen-bond donors (Lipinski definition) is 1. The maximum absolute atomic E-state index is 12.6. The third-order valence-electron chi connectivity index (χ3n) is 4.20. The van der Waals surface area contributed by atoms with Gasteiger partial charge in [-0.1, -0.05) is 0 Å². The molecule has 0 amide bonds. The highest BCUT2D eigenvalue weighted by Crippen LogP contribution is 2.19. The Labute approximate surface area is 159 Å². The summed E-state index contributed by atoms with van der Waals surface area (Å²) < 4.78 is 59.0. The van der Waals surface area contributed by atoms with Gasteiger partial charge in [0.15, 0.2) is 0 Å². The van der Waals surface area contributed by atoms with E-state index in [1.807, 2.05) is 12.1 Å². The van der Waals surface area contributed by atoms with Crippen LogP contribution < -0.4 is 4.72 Å². The molecule has 1 N–H and O–H groups in total. The van der Waals surface area contributed by atoms with Crippen LogP contribution in [0, 0.1) is 0 Å². The average Bonchev–Trinajstić information content (AvgIpc) is 2.69. The monoisotopic (exact) mass is 411 g/mol. The van der Waals surface area contributed by atoms with Gasteiger partial charge >= 0.3 is 0 Å². The lowest BCUT2D eigenvalue weighted by molar-refractivity contribution is 0.0730. The van der Waals surface area contributed by atoms with Crippen molar-refractivity contribution in [3.05, 3.63) is 54.4 Å². The van der Waals surface area contributed by atoms with Crippen LogP contribution in [-0.2, 0) is 31.2 Å². The van der Waals surface area contributed by atoms with Gasteiger partial charge in [0.25, 0.3) is 0 Å². The molecule has 10 heteroatoms. The first-order valence-corrected chi connectivity index (χ1v) is 11.4. The lowest BCUT2D eigenvalue weighted by Crippen LogP contribution is -2.40. The quantitative estimate of drug-likeness (QED) is 0.716. The van der Waals surface area contributed by atoms with Crippen LogP contribution in [0.25, 0.3) is 0 Å². The summed E-state index contributed by atoms with van der Waals surface area (Å²) in [6, 6.07) is 8.90. The Kier molecular flexibility index (Phi) is 6.22. The Bertz CT molecular complexity index is 955. The Morgan fingerprint density at radius 1 is 0.926 bits per heavy atom. The van der Waals surface area contributed by atoms with Crippen LogP contribution in [0.5, 0.6) is 0 Å². The molecule has 2 aromatic rings.